The molecule has 2 amide bonds. The van der Waals surface area contributed by atoms with E-state index < -0.39 is 5.91 Å². The fraction of sp³-hybridized carbons (Fsp3) is 0.846. The molecule has 1 saturated heterocycles. The lowest BCUT2D eigenvalue weighted by Crippen LogP contribution is -2.49. The molecule has 0 radical (unpaired) electrons. The van der Waals surface area contributed by atoms with Crippen molar-refractivity contribution in [3.8, 4) is 0 Å². The molecular weight excluding hydrogens is 246 g/mol. The Bertz CT molecular complexity index is 304. The van der Waals surface area contributed by atoms with Gasteiger partial charge in [-0.05, 0) is 31.8 Å². The lowest BCUT2D eigenvalue weighted by molar-refractivity contribution is -0.139. The second-order valence-electron chi connectivity index (χ2n) is 5.23. The Morgan fingerprint density at radius 1 is 1.42 bits per heavy atom. The van der Waals surface area contributed by atoms with Crippen LogP contribution in [0.4, 0.5) is 0 Å². The van der Waals surface area contributed by atoms with Gasteiger partial charge < -0.3 is 20.7 Å². The van der Waals surface area contributed by atoms with Crippen LogP contribution in [0, 0.1) is 5.92 Å². The zero-order chi connectivity index (χ0) is 14.3. The number of nitrogens with zero attached hydrogens (tertiary/aromatic N) is 1. The third kappa shape index (κ3) is 5.57. The van der Waals surface area contributed by atoms with Gasteiger partial charge in [0.1, 0.15) is 0 Å². The maximum atomic E-state index is 12.3. The van der Waals surface area contributed by atoms with E-state index in [4.69, 9.17) is 10.5 Å². The summed E-state index contributed by atoms with van der Waals surface area (Å²) >= 11 is 0. The predicted molar refractivity (Wildman–Crippen MR) is 72.5 cm³/mol. The molecule has 6 heteroatoms. The highest BCUT2D eigenvalue weighted by Crippen LogP contribution is 2.15. The Balaban J connectivity index is 2.61. The van der Waals surface area contributed by atoms with E-state index in [0.29, 0.717) is 13.0 Å². The first-order valence-corrected chi connectivity index (χ1v) is 6.82. The zero-order valence-electron chi connectivity index (χ0n) is 11.9. The molecule has 1 aliphatic heterocycles. The predicted octanol–water partition coefficient (Wildman–Crippen LogP) is -0.275. The molecule has 1 fully saturated rings. The zero-order valence-corrected chi connectivity index (χ0v) is 11.9. The SMILES string of the molecule is COCC(C)CC(=O)N(CC(N)=O)C1CCNCC1. The van der Waals surface area contributed by atoms with Crippen LogP contribution in [0.25, 0.3) is 0 Å². The molecule has 0 aliphatic carbocycles. The number of rotatable bonds is 7. The van der Waals surface area contributed by atoms with Crippen molar-refractivity contribution >= 4 is 11.8 Å². The van der Waals surface area contributed by atoms with Crippen LogP contribution >= 0.6 is 0 Å². The van der Waals surface area contributed by atoms with Gasteiger partial charge in [0.2, 0.25) is 11.8 Å². The monoisotopic (exact) mass is 271 g/mol. The number of nitrogens with two attached hydrogens (primary N) is 1. The Morgan fingerprint density at radius 2 is 2.05 bits per heavy atom. The average Bonchev–Trinajstić information content (AvgIpc) is 2.37. The third-order valence-electron chi connectivity index (χ3n) is 3.37. The molecule has 0 aromatic rings. The van der Waals surface area contributed by atoms with E-state index in [-0.39, 0.29) is 24.4 Å². The van der Waals surface area contributed by atoms with Crippen molar-refractivity contribution in [1.29, 1.82) is 0 Å². The molecule has 0 saturated carbocycles. The molecule has 1 heterocycles. The van der Waals surface area contributed by atoms with Gasteiger partial charge in [-0.3, -0.25) is 9.59 Å². The van der Waals surface area contributed by atoms with Crippen LogP contribution in [-0.2, 0) is 14.3 Å². The molecule has 0 aromatic carbocycles. The summed E-state index contributed by atoms with van der Waals surface area (Å²) in [4.78, 5) is 25.1. The van der Waals surface area contributed by atoms with E-state index in [9.17, 15) is 9.59 Å². The number of ether oxygens (including phenoxy) is 1. The highest BCUT2D eigenvalue weighted by atomic mass is 16.5. The number of piperidine rings is 1. The molecule has 0 spiro atoms. The molecule has 1 unspecified atom stereocenters. The fourth-order valence-corrected chi connectivity index (χ4v) is 2.47. The van der Waals surface area contributed by atoms with E-state index in [1.807, 2.05) is 6.92 Å². The second-order valence-corrected chi connectivity index (χ2v) is 5.23. The van der Waals surface area contributed by atoms with E-state index in [1.165, 1.54) is 0 Å². The van der Waals surface area contributed by atoms with Gasteiger partial charge in [0, 0.05) is 26.2 Å². The molecule has 3 N–H and O–H groups in total. The fourth-order valence-electron chi connectivity index (χ4n) is 2.47. The molecule has 1 rings (SSSR count). The number of carbonyl (C=O) groups is 2. The molecule has 1 aliphatic rings. The highest BCUT2D eigenvalue weighted by molar-refractivity contribution is 5.84. The van der Waals surface area contributed by atoms with Crippen LogP contribution in [0.15, 0.2) is 0 Å². The number of hydrogen-bond donors (Lipinski definition) is 2. The van der Waals surface area contributed by atoms with Gasteiger partial charge in [-0.2, -0.15) is 0 Å². The van der Waals surface area contributed by atoms with Crippen molar-refractivity contribution in [2.75, 3.05) is 33.4 Å². The van der Waals surface area contributed by atoms with Crippen LogP contribution in [0.5, 0.6) is 0 Å². The maximum absolute atomic E-state index is 12.3. The molecular formula is C13H25N3O3. The smallest absolute Gasteiger partial charge is 0.237 e. The van der Waals surface area contributed by atoms with Gasteiger partial charge in [0.25, 0.3) is 0 Å². The average molecular weight is 271 g/mol. The minimum absolute atomic E-state index is 0.00440. The second kappa shape index (κ2) is 8.12. The van der Waals surface area contributed by atoms with Crippen molar-refractivity contribution < 1.29 is 14.3 Å². The van der Waals surface area contributed by atoms with E-state index in [2.05, 4.69) is 5.32 Å². The number of amides is 2. The molecule has 110 valence electrons. The summed E-state index contributed by atoms with van der Waals surface area (Å²) in [5, 5.41) is 3.25. The molecule has 19 heavy (non-hydrogen) atoms. The van der Waals surface area contributed by atoms with E-state index in [0.717, 1.165) is 25.9 Å². The number of nitrogens with one attached hydrogen (secondary N) is 1. The lowest BCUT2D eigenvalue weighted by Gasteiger charge is -2.34. The number of primary amides is 1. The van der Waals surface area contributed by atoms with Crippen LogP contribution in [-0.4, -0.2) is 56.1 Å². The van der Waals surface area contributed by atoms with Gasteiger partial charge >= 0.3 is 0 Å². The van der Waals surface area contributed by atoms with Crippen molar-refractivity contribution in [1.82, 2.24) is 10.2 Å². The summed E-state index contributed by atoms with van der Waals surface area (Å²) in [6.45, 7) is 4.28. The lowest BCUT2D eigenvalue weighted by atomic mass is 10.0. The van der Waals surface area contributed by atoms with Crippen LogP contribution in [0.1, 0.15) is 26.2 Å². The largest absolute Gasteiger partial charge is 0.384 e. The summed E-state index contributed by atoms with van der Waals surface area (Å²) in [7, 11) is 1.62. The van der Waals surface area contributed by atoms with E-state index in [1.54, 1.807) is 12.0 Å². The standard InChI is InChI=1S/C13H25N3O3/c1-10(9-19-2)7-13(18)16(8-12(14)17)11-3-5-15-6-4-11/h10-11,15H,3-9H2,1-2H3,(H2,14,17). The first-order chi connectivity index (χ1) is 9.04. The normalized spacial score (nSPS) is 18.0. The first-order valence-electron chi connectivity index (χ1n) is 6.82. The van der Waals surface area contributed by atoms with E-state index >= 15 is 0 Å². The van der Waals surface area contributed by atoms with Crippen molar-refractivity contribution in [2.24, 2.45) is 11.7 Å². The van der Waals surface area contributed by atoms with Gasteiger partial charge in [-0.25, -0.2) is 0 Å². The quantitative estimate of drug-likeness (QED) is 0.667. The minimum Gasteiger partial charge on any atom is -0.384 e. The maximum Gasteiger partial charge on any atom is 0.237 e. The van der Waals surface area contributed by atoms with Gasteiger partial charge in [-0.15, -0.1) is 0 Å². The van der Waals surface area contributed by atoms with Crippen molar-refractivity contribution in [3.63, 3.8) is 0 Å². The van der Waals surface area contributed by atoms with Crippen LogP contribution in [0.2, 0.25) is 0 Å². The Labute approximate surface area is 114 Å². The van der Waals surface area contributed by atoms with Crippen LogP contribution < -0.4 is 11.1 Å². The number of carbonyl (C=O) groups excluding carboxylic acids is 2. The Hall–Kier alpha value is -1.14. The molecule has 6 nitrogen and oxygen atoms in total. The summed E-state index contributed by atoms with van der Waals surface area (Å²) in [5.74, 6) is -0.309. The molecule has 0 bridgehead atoms. The minimum atomic E-state index is -0.453. The summed E-state index contributed by atoms with van der Waals surface area (Å²) in [6, 6.07) is 0.121. The van der Waals surface area contributed by atoms with Gasteiger partial charge in [-0.1, -0.05) is 6.92 Å². The van der Waals surface area contributed by atoms with Gasteiger partial charge in [0.05, 0.1) is 6.54 Å². The number of hydrogen-bond acceptors (Lipinski definition) is 4. The molecule has 1 atom stereocenters. The third-order valence-corrected chi connectivity index (χ3v) is 3.37. The summed E-state index contributed by atoms with van der Waals surface area (Å²) in [6.07, 6.45) is 2.14. The summed E-state index contributed by atoms with van der Waals surface area (Å²) < 4.78 is 5.04. The highest BCUT2D eigenvalue weighted by Gasteiger charge is 2.27. The summed E-state index contributed by atoms with van der Waals surface area (Å²) in [5.41, 5.74) is 5.25. The molecule has 0 aromatic heterocycles. The van der Waals surface area contributed by atoms with Crippen molar-refractivity contribution in [2.45, 2.75) is 32.2 Å². The Morgan fingerprint density at radius 3 is 2.58 bits per heavy atom. The van der Waals surface area contributed by atoms with Crippen molar-refractivity contribution in [3.05, 3.63) is 0 Å². The van der Waals surface area contributed by atoms with Gasteiger partial charge in [0.15, 0.2) is 0 Å². The first kappa shape index (κ1) is 15.9. The number of methoxy groups -OCH3 is 1. The topological polar surface area (TPSA) is 84.7 Å². The Kier molecular flexibility index (Phi) is 6.80. The van der Waals surface area contributed by atoms with Crippen LogP contribution in [0.3, 0.4) is 0 Å².